The SMILES string of the molecule is CCOC(=O)[C@@H]1CCCN(C(=O)c2ncccc2C)C1. The first kappa shape index (κ1) is 14.5. The third kappa shape index (κ3) is 3.15. The molecule has 0 saturated carbocycles. The normalized spacial score (nSPS) is 18.7. The van der Waals surface area contributed by atoms with Crippen LogP contribution in [0.2, 0.25) is 0 Å². The molecule has 5 nitrogen and oxygen atoms in total. The first-order valence-electron chi connectivity index (χ1n) is 7.01. The van der Waals surface area contributed by atoms with E-state index in [-0.39, 0.29) is 17.8 Å². The molecule has 0 aliphatic carbocycles. The molecule has 108 valence electrons. The molecule has 0 aromatic carbocycles. The van der Waals surface area contributed by atoms with Crippen LogP contribution in [-0.2, 0) is 9.53 Å². The number of aryl methyl sites for hydroxylation is 1. The summed E-state index contributed by atoms with van der Waals surface area (Å²) in [6.07, 6.45) is 3.22. The summed E-state index contributed by atoms with van der Waals surface area (Å²) in [7, 11) is 0. The molecule has 0 spiro atoms. The topological polar surface area (TPSA) is 59.5 Å². The lowest BCUT2D eigenvalue weighted by Gasteiger charge is -2.31. The number of likely N-dealkylation sites (tertiary alicyclic amines) is 1. The number of piperidine rings is 1. The molecule has 1 aliphatic rings. The molecule has 1 aromatic heterocycles. The van der Waals surface area contributed by atoms with E-state index < -0.39 is 0 Å². The Morgan fingerprint density at radius 1 is 1.50 bits per heavy atom. The Balaban J connectivity index is 2.07. The highest BCUT2D eigenvalue weighted by Gasteiger charge is 2.30. The standard InChI is InChI=1S/C15H20N2O3/c1-3-20-15(19)12-7-5-9-17(10-12)14(18)13-11(2)6-4-8-16-13/h4,6,8,12H,3,5,7,9-10H2,1-2H3/t12-/m1/s1. The lowest BCUT2D eigenvalue weighted by molar-refractivity contribution is -0.149. The molecular weight excluding hydrogens is 256 g/mol. The van der Waals surface area contributed by atoms with E-state index in [0.717, 1.165) is 18.4 Å². The summed E-state index contributed by atoms with van der Waals surface area (Å²) in [6, 6.07) is 3.68. The van der Waals surface area contributed by atoms with Crippen LogP contribution in [-0.4, -0.2) is 41.5 Å². The number of esters is 1. The van der Waals surface area contributed by atoms with Crippen LogP contribution < -0.4 is 0 Å². The van der Waals surface area contributed by atoms with Crippen LogP contribution in [0, 0.1) is 12.8 Å². The molecule has 5 heteroatoms. The molecule has 2 heterocycles. The van der Waals surface area contributed by atoms with E-state index >= 15 is 0 Å². The highest BCUT2D eigenvalue weighted by molar-refractivity contribution is 5.94. The van der Waals surface area contributed by atoms with Crippen molar-refractivity contribution in [2.45, 2.75) is 26.7 Å². The number of ether oxygens (including phenoxy) is 1. The molecule has 0 bridgehead atoms. The van der Waals surface area contributed by atoms with E-state index in [4.69, 9.17) is 4.74 Å². The van der Waals surface area contributed by atoms with Gasteiger partial charge in [0.05, 0.1) is 12.5 Å². The van der Waals surface area contributed by atoms with Crippen LogP contribution in [0.15, 0.2) is 18.3 Å². The van der Waals surface area contributed by atoms with Crippen molar-refractivity contribution < 1.29 is 14.3 Å². The number of carbonyl (C=O) groups is 2. The smallest absolute Gasteiger partial charge is 0.310 e. The Labute approximate surface area is 118 Å². The van der Waals surface area contributed by atoms with E-state index in [2.05, 4.69) is 4.98 Å². The van der Waals surface area contributed by atoms with Gasteiger partial charge in [-0.15, -0.1) is 0 Å². The highest BCUT2D eigenvalue weighted by Crippen LogP contribution is 2.20. The fourth-order valence-electron chi connectivity index (χ4n) is 2.47. The molecule has 0 unspecified atom stereocenters. The van der Waals surface area contributed by atoms with E-state index in [1.165, 1.54) is 0 Å². The Bertz CT molecular complexity index is 502. The zero-order chi connectivity index (χ0) is 14.5. The number of hydrogen-bond acceptors (Lipinski definition) is 4. The summed E-state index contributed by atoms with van der Waals surface area (Å²) < 4.78 is 5.05. The van der Waals surface area contributed by atoms with Crippen LogP contribution in [0.3, 0.4) is 0 Å². The van der Waals surface area contributed by atoms with E-state index in [9.17, 15) is 9.59 Å². The van der Waals surface area contributed by atoms with Crippen LogP contribution in [0.4, 0.5) is 0 Å². The molecule has 20 heavy (non-hydrogen) atoms. The third-order valence-corrected chi connectivity index (χ3v) is 3.54. The number of amides is 1. The lowest BCUT2D eigenvalue weighted by Crippen LogP contribution is -2.43. The van der Waals surface area contributed by atoms with E-state index in [0.29, 0.717) is 25.4 Å². The molecule has 1 atom stereocenters. The van der Waals surface area contributed by atoms with Gasteiger partial charge in [-0.2, -0.15) is 0 Å². The van der Waals surface area contributed by atoms with Crippen molar-refractivity contribution in [3.8, 4) is 0 Å². The van der Waals surface area contributed by atoms with Gasteiger partial charge in [-0.1, -0.05) is 6.07 Å². The highest BCUT2D eigenvalue weighted by atomic mass is 16.5. The van der Waals surface area contributed by atoms with Crippen molar-refractivity contribution in [2.75, 3.05) is 19.7 Å². The summed E-state index contributed by atoms with van der Waals surface area (Å²) in [5.41, 5.74) is 1.33. The number of nitrogens with zero attached hydrogens (tertiary/aromatic N) is 2. The minimum absolute atomic E-state index is 0.0999. The van der Waals surface area contributed by atoms with Crippen molar-refractivity contribution in [3.05, 3.63) is 29.6 Å². The first-order chi connectivity index (χ1) is 9.63. The van der Waals surface area contributed by atoms with Crippen LogP contribution in [0.25, 0.3) is 0 Å². The van der Waals surface area contributed by atoms with Gasteiger partial charge in [0.2, 0.25) is 0 Å². The maximum Gasteiger partial charge on any atom is 0.310 e. The summed E-state index contributed by atoms with van der Waals surface area (Å²) in [5, 5.41) is 0. The molecule has 1 amide bonds. The Kier molecular flexibility index (Phi) is 4.71. The van der Waals surface area contributed by atoms with Crippen molar-refractivity contribution in [2.24, 2.45) is 5.92 Å². The second-order valence-corrected chi connectivity index (χ2v) is 5.01. The molecule has 0 radical (unpaired) electrons. The maximum absolute atomic E-state index is 12.5. The van der Waals surface area contributed by atoms with Gasteiger partial charge in [-0.25, -0.2) is 0 Å². The van der Waals surface area contributed by atoms with Gasteiger partial charge in [-0.3, -0.25) is 14.6 Å². The quantitative estimate of drug-likeness (QED) is 0.790. The predicted molar refractivity (Wildman–Crippen MR) is 74.2 cm³/mol. The minimum atomic E-state index is -0.211. The van der Waals surface area contributed by atoms with Gasteiger partial charge >= 0.3 is 5.97 Å². The zero-order valence-corrected chi connectivity index (χ0v) is 12.0. The van der Waals surface area contributed by atoms with Crippen LogP contribution >= 0.6 is 0 Å². The number of aromatic nitrogens is 1. The average Bonchev–Trinajstić information content (AvgIpc) is 2.47. The summed E-state index contributed by atoms with van der Waals surface area (Å²) in [4.78, 5) is 30.1. The maximum atomic E-state index is 12.5. The Morgan fingerprint density at radius 2 is 2.30 bits per heavy atom. The number of carbonyl (C=O) groups excluding carboxylic acids is 2. The van der Waals surface area contributed by atoms with Gasteiger partial charge in [0.25, 0.3) is 5.91 Å². The van der Waals surface area contributed by atoms with Crippen molar-refractivity contribution in [1.29, 1.82) is 0 Å². The van der Waals surface area contributed by atoms with Crippen molar-refractivity contribution in [3.63, 3.8) is 0 Å². The van der Waals surface area contributed by atoms with Gasteiger partial charge in [0.1, 0.15) is 5.69 Å². The number of hydrogen-bond donors (Lipinski definition) is 0. The van der Waals surface area contributed by atoms with Crippen molar-refractivity contribution in [1.82, 2.24) is 9.88 Å². The summed E-state index contributed by atoms with van der Waals surface area (Å²) >= 11 is 0. The Morgan fingerprint density at radius 3 is 3.00 bits per heavy atom. The van der Waals surface area contributed by atoms with Gasteiger partial charge in [0, 0.05) is 19.3 Å². The first-order valence-corrected chi connectivity index (χ1v) is 7.01. The molecule has 1 saturated heterocycles. The molecule has 0 N–H and O–H groups in total. The molecule has 1 aromatic rings. The average molecular weight is 276 g/mol. The van der Waals surface area contributed by atoms with E-state index in [1.54, 1.807) is 18.0 Å². The Hall–Kier alpha value is -1.91. The van der Waals surface area contributed by atoms with Gasteiger partial charge in [0.15, 0.2) is 0 Å². The van der Waals surface area contributed by atoms with Crippen molar-refractivity contribution >= 4 is 11.9 Å². The number of pyridine rings is 1. The minimum Gasteiger partial charge on any atom is -0.466 e. The third-order valence-electron chi connectivity index (χ3n) is 3.54. The molecule has 2 rings (SSSR count). The van der Waals surface area contributed by atoms with Gasteiger partial charge in [-0.05, 0) is 38.3 Å². The van der Waals surface area contributed by atoms with Crippen LogP contribution in [0.1, 0.15) is 35.8 Å². The summed E-state index contributed by atoms with van der Waals surface area (Å²) in [6.45, 7) is 5.13. The molecular formula is C15H20N2O3. The fraction of sp³-hybridized carbons (Fsp3) is 0.533. The number of rotatable bonds is 3. The van der Waals surface area contributed by atoms with Crippen LogP contribution in [0.5, 0.6) is 0 Å². The predicted octanol–water partition coefficient (Wildman–Crippen LogP) is 1.81. The second-order valence-electron chi connectivity index (χ2n) is 5.01. The summed E-state index contributed by atoms with van der Waals surface area (Å²) in [5.74, 6) is -0.517. The van der Waals surface area contributed by atoms with E-state index in [1.807, 2.05) is 19.1 Å². The molecule has 1 fully saturated rings. The fourth-order valence-corrected chi connectivity index (χ4v) is 2.47. The monoisotopic (exact) mass is 276 g/mol. The lowest BCUT2D eigenvalue weighted by atomic mass is 9.97. The zero-order valence-electron chi connectivity index (χ0n) is 12.0. The van der Waals surface area contributed by atoms with Gasteiger partial charge < -0.3 is 9.64 Å². The largest absolute Gasteiger partial charge is 0.466 e. The molecule has 1 aliphatic heterocycles. The second kappa shape index (κ2) is 6.50.